The molecule has 1 aliphatic heterocycles. The van der Waals surface area contributed by atoms with E-state index < -0.39 is 0 Å². The van der Waals surface area contributed by atoms with E-state index in [4.69, 9.17) is 4.74 Å². The van der Waals surface area contributed by atoms with Crippen molar-refractivity contribution >= 4 is 16.8 Å². The maximum Gasteiger partial charge on any atom is 0.317 e. The van der Waals surface area contributed by atoms with E-state index in [9.17, 15) is 9.90 Å². The Morgan fingerprint density at radius 1 is 1.25 bits per heavy atom. The minimum Gasteiger partial charge on any atom is -0.494 e. The van der Waals surface area contributed by atoms with Crippen LogP contribution in [0, 0.1) is 0 Å². The second kappa shape index (κ2) is 8.02. The van der Waals surface area contributed by atoms with E-state index in [-0.39, 0.29) is 18.7 Å². The molecule has 5 heteroatoms. The smallest absolute Gasteiger partial charge is 0.317 e. The Bertz CT molecular complexity index is 689. The topological polar surface area (TPSA) is 61.8 Å². The lowest BCUT2D eigenvalue weighted by Crippen LogP contribution is -2.44. The molecule has 1 aliphatic rings. The van der Waals surface area contributed by atoms with Gasteiger partial charge in [-0.25, -0.2) is 4.79 Å². The van der Waals surface area contributed by atoms with Crippen LogP contribution in [-0.4, -0.2) is 48.4 Å². The fourth-order valence-electron chi connectivity index (χ4n) is 3.11. The molecule has 1 unspecified atom stereocenters. The van der Waals surface area contributed by atoms with Gasteiger partial charge in [0, 0.05) is 13.1 Å². The van der Waals surface area contributed by atoms with Gasteiger partial charge in [0.25, 0.3) is 0 Å². The molecule has 1 atom stereocenters. The molecule has 2 N–H and O–H groups in total. The predicted molar refractivity (Wildman–Crippen MR) is 94.3 cm³/mol. The van der Waals surface area contributed by atoms with Crippen LogP contribution >= 0.6 is 0 Å². The van der Waals surface area contributed by atoms with Gasteiger partial charge in [-0.1, -0.05) is 30.3 Å². The second-order valence-electron chi connectivity index (χ2n) is 6.11. The number of carbonyl (C=O) groups excluding carboxylic acids is 1. The largest absolute Gasteiger partial charge is 0.494 e. The lowest BCUT2D eigenvalue weighted by atomic mass is 10.1. The third-order valence-corrected chi connectivity index (χ3v) is 4.44. The first-order chi connectivity index (χ1) is 11.8. The van der Waals surface area contributed by atoms with E-state index in [0.717, 1.165) is 36.9 Å². The Morgan fingerprint density at radius 3 is 2.92 bits per heavy atom. The molecule has 0 saturated carbocycles. The molecule has 2 aromatic carbocycles. The Balaban J connectivity index is 1.39. The summed E-state index contributed by atoms with van der Waals surface area (Å²) >= 11 is 0. The number of aliphatic hydroxyl groups excluding tert-OH is 1. The number of hydrogen-bond acceptors (Lipinski definition) is 3. The fourth-order valence-corrected chi connectivity index (χ4v) is 3.11. The highest BCUT2D eigenvalue weighted by Gasteiger charge is 2.27. The summed E-state index contributed by atoms with van der Waals surface area (Å²) in [6.07, 6.45) is 2.59. The van der Waals surface area contributed by atoms with Gasteiger partial charge in [0.15, 0.2) is 0 Å². The van der Waals surface area contributed by atoms with E-state index >= 15 is 0 Å². The molecule has 2 aromatic rings. The number of amides is 2. The first kappa shape index (κ1) is 16.6. The summed E-state index contributed by atoms with van der Waals surface area (Å²) in [6.45, 7) is 1.90. The van der Waals surface area contributed by atoms with E-state index in [1.807, 2.05) is 24.3 Å². The predicted octanol–water partition coefficient (Wildman–Crippen LogP) is 2.78. The minimum absolute atomic E-state index is 0.0288. The molecule has 0 spiro atoms. The highest BCUT2D eigenvalue weighted by molar-refractivity contribution is 5.83. The quantitative estimate of drug-likeness (QED) is 0.802. The van der Waals surface area contributed by atoms with Crippen LogP contribution in [0.1, 0.15) is 19.3 Å². The van der Waals surface area contributed by atoms with E-state index in [1.54, 1.807) is 4.90 Å². The Hall–Kier alpha value is -2.27. The summed E-state index contributed by atoms with van der Waals surface area (Å²) in [7, 11) is 0. The summed E-state index contributed by atoms with van der Waals surface area (Å²) < 4.78 is 5.76. The lowest BCUT2D eigenvalue weighted by molar-refractivity contribution is 0.156. The molecule has 128 valence electrons. The number of urea groups is 1. The molecule has 0 bridgehead atoms. The zero-order valence-corrected chi connectivity index (χ0v) is 13.8. The summed E-state index contributed by atoms with van der Waals surface area (Å²) in [5, 5.41) is 14.5. The van der Waals surface area contributed by atoms with Crippen LogP contribution in [0.15, 0.2) is 42.5 Å². The second-order valence-corrected chi connectivity index (χ2v) is 6.11. The standard InChI is InChI=1S/C19H24N2O3/c22-14-17-7-3-11-21(17)19(23)20-10-4-12-24-18-9-8-15-5-1-2-6-16(15)13-18/h1-2,5-6,8-9,13,17,22H,3-4,7,10-12,14H2,(H,20,23). The van der Waals surface area contributed by atoms with Crippen molar-refractivity contribution in [3.63, 3.8) is 0 Å². The van der Waals surface area contributed by atoms with Crippen molar-refractivity contribution in [1.82, 2.24) is 10.2 Å². The van der Waals surface area contributed by atoms with Gasteiger partial charge in [-0.05, 0) is 42.2 Å². The average molecular weight is 328 g/mol. The summed E-state index contributed by atoms with van der Waals surface area (Å²) in [5.41, 5.74) is 0. The average Bonchev–Trinajstić information content (AvgIpc) is 3.10. The van der Waals surface area contributed by atoms with E-state index in [2.05, 4.69) is 23.5 Å². The number of fused-ring (bicyclic) bond motifs is 1. The van der Waals surface area contributed by atoms with Crippen LogP contribution in [0.5, 0.6) is 5.75 Å². The number of likely N-dealkylation sites (tertiary alicyclic amines) is 1. The molecular formula is C19H24N2O3. The third kappa shape index (κ3) is 3.97. The number of rotatable bonds is 6. The SMILES string of the molecule is O=C(NCCCOc1ccc2ccccc2c1)N1CCCC1CO. The maximum atomic E-state index is 12.1. The molecule has 5 nitrogen and oxygen atoms in total. The van der Waals surface area contributed by atoms with Crippen LogP contribution < -0.4 is 10.1 Å². The Morgan fingerprint density at radius 2 is 2.08 bits per heavy atom. The van der Waals surface area contributed by atoms with Crippen molar-refractivity contribution in [2.24, 2.45) is 0 Å². The van der Waals surface area contributed by atoms with Gasteiger partial charge in [-0.15, -0.1) is 0 Å². The van der Waals surface area contributed by atoms with Crippen molar-refractivity contribution in [3.05, 3.63) is 42.5 Å². The zero-order chi connectivity index (χ0) is 16.8. The van der Waals surface area contributed by atoms with Crippen LogP contribution in [0.4, 0.5) is 4.79 Å². The van der Waals surface area contributed by atoms with Gasteiger partial charge in [0.1, 0.15) is 5.75 Å². The van der Waals surface area contributed by atoms with Crippen LogP contribution in [0.2, 0.25) is 0 Å². The first-order valence-electron chi connectivity index (χ1n) is 8.55. The van der Waals surface area contributed by atoms with E-state index in [1.165, 1.54) is 5.39 Å². The molecule has 1 fully saturated rings. The normalized spacial score (nSPS) is 17.2. The van der Waals surface area contributed by atoms with Crippen molar-refractivity contribution in [3.8, 4) is 5.75 Å². The van der Waals surface area contributed by atoms with Gasteiger partial charge in [0.2, 0.25) is 0 Å². The Labute approximate surface area is 142 Å². The number of ether oxygens (including phenoxy) is 1. The highest BCUT2D eigenvalue weighted by Crippen LogP contribution is 2.20. The van der Waals surface area contributed by atoms with Crippen molar-refractivity contribution in [2.45, 2.75) is 25.3 Å². The molecule has 1 heterocycles. The monoisotopic (exact) mass is 328 g/mol. The van der Waals surface area contributed by atoms with Crippen LogP contribution in [-0.2, 0) is 0 Å². The number of hydrogen-bond donors (Lipinski definition) is 2. The number of carbonyl (C=O) groups is 1. The maximum absolute atomic E-state index is 12.1. The van der Waals surface area contributed by atoms with Gasteiger partial charge >= 0.3 is 6.03 Å². The van der Waals surface area contributed by atoms with Gasteiger partial charge < -0.3 is 20.1 Å². The molecule has 0 aromatic heterocycles. The Kier molecular flexibility index (Phi) is 5.54. The molecule has 2 amide bonds. The number of nitrogens with one attached hydrogen (secondary N) is 1. The number of nitrogens with zero attached hydrogens (tertiary/aromatic N) is 1. The van der Waals surface area contributed by atoms with Crippen LogP contribution in [0.3, 0.4) is 0 Å². The van der Waals surface area contributed by atoms with Crippen molar-refractivity contribution in [1.29, 1.82) is 0 Å². The minimum atomic E-state index is -0.0859. The lowest BCUT2D eigenvalue weighted by Gasteiger charge is -2.23. The van der Waals surface area contributed by atoms with Crippen molar-refractivity contribution in [2.75, 3.05) is 26.3 Å². The molecule has 24 heavy (non-hydrogen) atoms. The van der Waals surface area contributed by atoms with Gasteiger partial charge in [-0.3, -0.25) is 0 Å². The fraction of sp³-hybridized carbons (Fsp3) is 0.421. The number of aliphatic hydroxyl groups is 1. The molecule has 0 radical (unpaired) electrons. The summed E-state index contributed by atoms with van der Waals surface area (Å²) in [6, 6.07) is 14.1. The van der Waals surface area contributed by atoms with Gasteiger partial charge in [-0.2, -0.15) is 0 Å². The van der Waals surface area contributed by atoms with Crippen LogP contribution in [0.25, 0.3) is 10.8 Å². The molecular weight excluding hydrogens is 304 g/mol. The summed E-state index contributed by atoms with van der Waals surface area (Å²) in [5.74, 6) is 0.847. The van der Waals surface area contributed by atoms with Gasteiger partial charge in [0.05, 0.1) is 19.3 Å². The summed E-state index contributed by atoms with van der Waals surface area (Å²) in [4.78, 5) is 13.8. The zero-order valence-electron chi connectivity index (χ0n) is 13.8. The molecule has 1 saturated heterocycles. The first-order valence-corrected chi connectivity index (χ1v) is 8.55. The van der Waals surface area contributed by atoms with Crippen molar-refractivity contribution < 1.29 is 14.6 Å². The highest BCUT2D eigenvalue weighted by atomic mass is 16.5. The van der Waals surface area contributed by atoms with E-state index in [0.29, 0.717) is 13.2 Å². The molecule has 0 aliphatic carbocycles. The third-order valence-electron chi connectivity index (χ3n) is 4.44. The molecule has 3 rings (SSSR count). The number of benzene rings is 2.